The lowest BCUT2D eigenvalue weighted by Crippen LogP contribution is -2.57. The lowest BCUT2D eigenvalue weighted by atomic mass is 10.2. The number of thioether (sulfide) groups is 1. The summed E-state index contributed by atoms with van der Waals surface area (Å²) < 4.78 is 5.24. The van der Waals surface area contributed by atoms with Crippen molar-refractivity contribution in [2.24, 2.45) is 0 Å². The number of aliphatic hydroxyl groups is 1. The molecule has 0 radical (unpaired) electrons. The molecule has 0 spiro atoms. The number of rotatable bonds is 6. The largest absolute Gasteiger partial charge is 0.460 e. The molecule has 8 heteroatoms. The predicted molar refractivity (Wildman–Crippen MR) is 91.4 cm³/mol. The molecular formula is C16H22N2O5S. The number of nitrogens with zero attached hydrogens (tertiary/aromatic N) is 2. The molecule has 132 valence electrons. The van der Waals surface area contributed by atoms with Crippen molar-refractivity contribution in [3.05, 3.63) is 39.9 Å². The van der Waals surface area contributed by atoms with Crippen LogP contribution in [0.2, 0.25) is 0 Å². The van der Waals surface area contributed by atoms with Crippen molar-refractivity contribution in [3.63, 3.8) is 0 Å². The van der Waals surface area contributed by atoms with Gasteiger partial charge >= 0.3 is 5.97 Å². The van der Waals surface area contributed by atoms with Gasteiger partial charge in [-0.2, -0.15) is 0 Å². The monoisotopic (exact) mass is 354 g/mol. The zero-order chi connectivity index (χ0) is 17.9. The van der Waals surface area contributed by atoms with Gasteiger partial charge in [-0.15, -0.1) is 11.8 Å². The Bertz CT molecular complexity index is 599. The van der Waals surface area contributed by atoms with Crippen LogP contribution in [0, 0.1) is 10.1 Å². The maximum Gasteiger partial charge on any atom is 0.320 e. The van der Waals surface area contributed by atoms with Crippen molar-refractivity contribution in [2.75, 3.05) is 6.54 Å². The third-order valence-corrected chi connectivity index (χ3v) is 4.96. The molecule has 2 atom stereocenters. The van der Waals surface area contributed by atoms with E-state index in [1.807, 2.05) is 0 Å². The minimum Gasteiger partial charge on any atom is -0.460 e. The number of esters is 1. The van der Waals surface area contributed by atoms with Crippen LogP contribution in [-0.4, -0.2) is 43.8 Å². The summed E-state index contributed by atoms with van der Waals surface area (Å²) in [6.07, 6.45) is 0.0224. The Labute approximate surface area is 145 Å². The van der Waals surface area contributed by atoms with Crippen LogP contribution in [0.15, 0.2) is 24.3 Å². The number of ether oxygens (including phenoxy) is 1. The van der Waals surface area contributed by atoms with Crippen molar-refractivity contribution < 1.29 is 19.6 Å². The van der Waals surface area contributed by atoms with Crippen LogP contribution in [0.3, 0.4) is 0 Å². The van der Waals surface area contributed by atoms with Gasteiger partial charge in [0.05, 0.1) is 16.8 Å². The molecule has 0 saturated carbocycles. The van der Waals surface area contributed by atoms with Gasteiger partial charge in [0, 0.05) is 23.3 Å². The minimum atomic E-state index is -0.614. The molecule has 1 saturated heterocycles. The summed E-state index contributed by atoms with van der Waals surface area (Å²) >= 11 is 1.71. The first-order valence-corrected chi connectivity index (χ1v) is 8.54. The summed E-state index contributed by atoms with van der Waals surface area (Å²) in [7, 11) is 0. The molecule has 1 N–H and O–H groups in total. The second kappa shape index (κ2) is 7.50. The number of aliphatic hydroxyl groups excluding tert-OH is 1. The third-order valence-electron chi connectivity index (χ3n) is 3.51. The van der Waals surface area contributed by atoms with Crippen molar-refractivity contribution in [3.8, 4) is 0 Å². The molecule has 2 rings (SSSR count). The molecule has 24 heavy (non-hydrogen) atoms. The SMILES string of the molecule is CC(C)(C)SC1CC(O)N1CC(=O)OCc1ccc([N+](=O)[O-])cc1. The molecule has 2 unspecified atom stereocenters. The quantitative estimate of drug-likeness (QED) is 0.476. The summed E-state index contributed by atoms with van der Waals surface area (Å²) in [4.78, 5) is 23.8. The van der Waals surface area contributed by atoms with E-state index < -0.39 is 17.1 Å². The Morgan fingerprint density at radius 2 is 2.04 bits per heavy atom. The van der Waals surface area contributed by atoms with Crippen molar-refractivity contribution in [2.45, 2.75) is 50.1 Å². The highest BCUT2D eigenvalue weighted by atomic mass is 32.2. The van der Waals surface area contributed by atoms with Gasteiger partial charge in [-0.25, -0.2) is 0 Å². The van der Waals surface area contributed by atoms with E-state index >= 15 is 0 Å². The van der Waals surface area contributed by atoms with Crippen LogP contribution in [0.1, 0.15) is 32.8 Å². The van der Waals surface area contributed by atoms with E-state index in [1.54, 1.807) is 28.8 Å². The van der Waals surface area contributed by atoms with Gasteiger partial charge < -0.3 is 9.84 Å². The topological polar surface area (TPSA) is 92.9 Å². The van der Waals surface area contributed by atoms with Crippen LogP contribution < -0.4 is 0 Å². The molecular weight excluding hydrogens is 332 g/mol. The maximum absolute atomic E-state index is 12.0. The van der Waals surface area contributed by atoms with E-state index in [0.717, 1.165) is 0 Å². The zero-order valence-corrected chi connectivity index (χ0v) is 14.8. The van der Waals surface area contributed by atoms with E-state index in [9.17, 15) is 20.0 Å². The fraction of sp³-hybridized carbons (Fsp3) is 0.562. The van der Waals surface area contributed by atoms with Gasteiger partial charge in [-0.1, -0.05) is 20.8 Å². The second-order valence-electron chi connectivity index (χ2n) is 6.66. The number of carbonyl (C=O) groups is 1. The molecule has 1 aromatic rings. The molecule has 0 amide bonds. The smallest absolute Gasteiger partial charge is 0.320 e. The van der Waals surface area contributed by atoms with Gasteiger partial charge in [0.1, 0.15) is 12.8 Å². The average Bonchev–Trinajstić information content (AvgIpc) is 2.49. The standard InChI is InChI=1S/C16H22N2O5S/c1-16(2,3)24-14-8-13(19)17(14)9-15(20)23-10-11-4-6-12(7-5-11)18(21)22/h4-7,13-14,19H,8-10H2,1-3H3. The highest BCUT2D eigenvalue weighted by Crippen LogP contribution is 2.39. The predicted octanol–water partition coefficient (Wildman–Crippen LogP) is 2.52. The highest BCUT2D eigenvalue weighted by molar-refractivity contribution is 8.01. The fourth-order valence-corrected chi connectivity index (χ4v) is 3.74. The van der Waals surface area contributed by atoms with E-state index in [2.05, 4.69) is 20.8 Å². The van der Waals surface area contributed by atoms with Crippen molar-refractivity contribution >= 4 is 23.4 Å². The van der Waals surface area contributed by atoms with Crippen LogP contribution in [-0.2, 0) is 16.1 Å². The van der Waals surface area contributed by atoms with E-state index in [1.165, 1.54) is 12.1 Å². The average molecular weight is 354 g/mol. The molecule has 1 aliphatic heterocycles. The number of carbonyl (C=O) groups excluding carboxylic acids is 1. The van der Waals surface area contributed by atoms with Gasteiger partial charge in [-0.3, -0.25) is 19.8 Å². The summed E-state index contributed by atoms with van der Waals surface area (Å²) in [5.41, 5.74) is 0.676. The Morgan fingerprint density at radius 3 is 2.54 bits per heavy atom. The minimum absolute atomic E-state index is 0.00387. The Hall–Kier alpha value is -1.64. The summed E-state index contributed by atoms with van der Waals surface area (Å²) in [6, 6.07) is 5.86. The normalized spacial score (nSPS) is 21.2. The van der Waals surface area contributed by atoms with Gasteiger partial charge in [0.2, 0.25) is 0 Å². The van der Waals surface area contributed by atoms with E-state index in [0.29, 0.717) is 12.0 Å². The molecule has 0 aliphatic carbocycles. The van der Waals surface area contributed by atoms with Crippen LogP contribution >= 0.6 is 11.8 Å². The highest BCUT2D eigenvalue weighted by Gasteiger charge is 2.40. The third kappa shape index (κ3) is 5.19. The van der Waals surface area contributed by atoms with Gasteiger partial charge in [0.15, 0.2) is 0 Å². The molecule has 1 fully saturated rings. The van der Waals surface area contributed by atoms with Crippen molar-refractivity contribution in [1.82, 2.24) is 4.90 Å². The number of benzene rings is 1. The first kappa shape index (κ1) is 18.7. The first-order chi connectivity index (χ1) is 11.2. The molecule has 1 aromatic carbocycles. The van der Waals surface area contributed by atoms with Crippen molar-refractivity contribution in [1.29, 1.82) is 0 Å². The van der Waals surface area contributed by atoms with Gasteiger partial charge in [-0.05, 0) is 17.7 Å². The lowest BCUT2D eigenvalue weighted by Gasteiger charge is -2.46. The Kier molecular flexibility index (Phi) is 5.84. The Morgan fingerprint density at radius 1 is 1.42 bits per heavy atom. The number of nitro benzene ring substituents is 1. The molecule has 0 aromatic heterocycles. The number of nitro groups is 1. The number of hydrogen-bond acceptors (Lipinski definition) is 7. The summed E-state index contributed by atoms with van der Waals surface area (Å²) in [5, 5.41) is 20.5. The summed E-state index contributed by atoms with van der Waals surface area (Å²) in [5.74, 6) is -0.424. The second-order valence-corrected chi connectivity index (χ2v) is 8.66. The number of non-ortho nitro benzene ring substituents is 1. The van der Waals surface area contributed by atoms with Crippen LogP contribution in [0.4, 0.5) is 5.69 Å². The number of hydrogen-bond donors (Lipinski definition) is 1. The van der Waals surface area contributed by atoms with Gasteiger partial charge in [0.25, 0.3) is 5.69 Å². The Balaban J connectivity index is 1.81. The molecule has 0 bridgehead atoms. The van der Waals surface area contributed by atoms with Crippen LogP contribution in [0.25, 0.3) is 0 Å². The maximum atomic E-state index is 12.0. The molecule has 1 aliphatic rings. The molecule has 1 heterocycles. The fourth-order valence-electron chi connectivity index (χ4n) is 2.31. The van der Waals surface area contributed by atoms with Crippen LogP contribution in [0.5, 0.6) is 0 Å². The first-order valence-electron chi connectivity index (χ1n) is 7.66. The molecule has 7 nitrogen and oxygen atoms in total. The lowest BCUT2D eigenvalue weighted by molar-refractivity contribution is -0.384. The number of likely N-dealkylation sites (tertiary alicyclic amines) is 1. The van der Waals surface area contributed by atoms with E-state index in [-0.39, 0.29) is 29.0 Å². The summed E-state index contributed by atoms with van der Waals surface area (Å²) in [6.45, 7) is 6.36. The van der Waals surface area contributed by atoms with E-state index in [4.69, 9.17) is 4.74 Å². The zero-order valence-electron chi connectivity index (χ0n) is 14.0.